The van der Waals surface area contributed by atoms with E-state index in [1.165, 1.54) is 12.1 Å². The fourth-order valence-corrected chi connectivity index (χ4v) is 1.51. The molecule has 15 heavy (non-hydrogen) atoms. The van der Waals surface area contributed by atoms with Crippen molar-refractivity contribution in [3.8, 4) is 6.57 Å². The average Bonchev–Trinajstić information content (AvgIpc) is 2.65. The zero-order valence-electron chi connectivity index (χ0n) is 8.20. The third-order valence-corrected chi connectivity index (χ3v) is 2.14. The fourth-order valence-electron chi connectivity index (χ4n) is 1.51. The molecule has 0 aliphatic rings. The lowest BCUT2D eigenvalue weighted by atomic mass is 10.1. The number of nitrogens with zero attached hydrogens (tertiary/aromatic N) is 1. The van der Waals surface area contributed by atoms with Gasteiger partial charge in [-0.15, -0.1) is 0 Å². The van der Waals surface area contributed by atoms with Crippen molar-refractivity contribution in [2.45, 2.75) is 6.42 Å². The highest BCUT2D eigenvalue weighted by Gasteiger charge is 2.03. The summed E-state index contributed by atoms with van der Waals surface area (Å²) in [6.45, 7) is 4.09. The summed E-state index contributed by atoms with van der Waals surface area (Å²) in [5.41, 5.74) is 7.48. The lowest BCUT2D eigenvalue weighted by Crippen LogP contribution is -2.01. The highest BCUT2D eigenvalue weighted by Crippen LogP contribution is 2.19. The van der Waals surface area contributed by atoms with E-state index in [0.717, 1.165) is 22.9 Å². The minimum atomic E-state index is -0.203. The number of hydrogen-bond donors (Lipinski definition) is 2. The largest absolute Gasteiger partial charge is 0.361 e. The van der Waals surface area contributed by atoms with Crippen molar-refractivity contribution < 1.29 is 4.39 Å². The first kappa shape index (κ1) is 11.2. The molecule has 2 aromatic rings. The van der Waals surface area contributed by atoms with E-state index in [1.807, 2.05) is 6.20 Å². The first-order valence-electron chi connectivity index (χ1n) is 4.52. The Morgan fingerprint density at radius 3 is 2.80 bits per heavy atom. The van der Waals surface area contributed by atoms with Gasteiger partial charge in [-0.2, -0.15) is 0 Å². The Morgan fingerprint density at radius 2 is 2.13 bits per heavy atom. The minimum Gasteiger partial charge on any atom is -0.361 e. The van der Waals surface area contributed by atoms with Crippen LogP contribution in [0.5, 0.6) is 0 Å². The second-order valence-corrected chi connectivity index (χ2v) is 3.04. The molecule has 2 rings (SSSR count). The van der Waals surface area contributed by atoms with Gasteiger partial charge in [-0.25, -0.2) is 9.65 Å². The fraction of sp³-hybridized carbons (Fsp3) is 0.182. The lowest BCUT2D eigenvalue weighted by molar-refractivity contribution is 0.629. The van der Waals surface area contributed by atoms with Gasteiger partial charge >= 0.3 is 0 Å². The van der Waals surface area contributed by atoms with Gasteiger partial charge in [0.05, 0.1) is 0 Å². The quantitative estimate of drug-likeness (QED) is 0.786. The van der Waals surface area contributed by atoms with E-state index in [4.69, 9.17) is 11.0 Å². The maximum atomic E-state index is 12.9. The van der Waals surface area contributed by atoms with Crippen LogP contribution >= 0.6 is 0 Å². The normalized spacial score (nSPS) is 9.60. The molecule has 1 aromatic heterocycles. The number of hydrogen-bond acceptors (Lipinski definition) is 2. The van der Waals surface area contributed by atoms with Crippen molar-refractivity contribution in [3.05, 3.63) is 35.8 Å². The van der Waals surface area contributed by atoms with Gasteiger partial charge in [0.25, 0.3) is 0 Å². The first-order chi connectivity index (χ1) is 7.31. The van der Waals surface area contributed by atoms with Crippen LogP contribution in [0.1, 0.15) is 5.56 Å². The maximum Gasteiger partial charge on any atom is 0.123 e. The summed E-state index contributed by atoms with van der Waals surface area (Å²) < 4.78 is 12.9. The second kappa shape index (κ2) is 5.13. The summed E-state index contributed by atoms with van der Waals surface area (Å²) in [6.07, 6.45) is 2.67. The molecule has 3 nitrogen and oxygen atoms in total. The number of aromatic amines is 1. The van der Waals surface area contributed by atoms with Gasteiger partial charge in [0.15, 0.2) is 0 Å². The van der Waals surface area contributed by atoms with Crippen LogP contribution in [-0.2, 0) is 6.42 Å². The van der Waals surface area contributed by atoms with Gasteiger partial charge < -0.3 is 10.7 Å². The topological polar surface area (TPSA) is 65.6 Å². The van der Waals surface area contributed by atoms with Gasteiger partial charge in [-0.05, 0) is 36.7 Å². The van der Waals surface area contributed by atoms with Crippen LogP contribution < -0.4 is 5.73 Å². The van der Waals surface area contributed by atoms with Gasteiger partial charge in [-0.3, -0.25) is 0 Å². The molecule has 0 spiro atoms. The Kier molecular flexibility index (Phi) is 3.83. The number of nitriles is 1. The zero-order valence-corrected chi connectivity index (χ0v) is 8.20. The number of halogens is 1. The monoisotopic (exact) mass is 205 g/mol. The minimum absolute atomic E-state index is 0.203. The van der Waals surface area contributed by atoms with Gasteiger partial charge in [0.2, 0.25) is 0 Å². The molecule has 78 valence electrons. The molecule has 1 heterocycles. The predicted octanol–water partition coefficient (Wildman–Crippen LogP) is 1.95. The highest BCUT2D eigenvalue weighted by molar-refractivity contribution is 5.83. The van der Waals surface area contributed by atoms with Crippen molar-refractivity contribution in [2.75, 3.05) is 6.54 Å². The van der Waals surface area contributed by atoms with E-state index in [9.17, 15) is 4.39 Å². The third-order valence-electron chi connectivity index (χ3n) is 2.14. The molecule has 0 unspecified atom stereocenters. The van der Waals surface area contributed by atoms with E-state index in [2.05, 4.69) is 11.6 Å². The summed E-state index contributed by atoms with van der Waals surface area (Å²) >= 11 is 0. The molecule has 0 radical (unpaired) electrons. The van der Waals surface area contributed by atoms with Crippen LogP contribution in [0.15, 0.2) is 24.4 Å². The molecule has 0 atom stereocenters. The van der Waals surface area contributed by atoms with E-state index < -0.39 is 0 Å². The van der Waals surface area contributed by atoms with Crippen LogP contribution in [0.4, 0.5) is 4.39 Å². The number of nitrogens with two attached hydrogens (primary N) is 1. The molecule has 1 aromatic carbocycles. The van der Waals surface area contributed by atoms with Crippen molar-refractivity contribution >= 4 is 10.9 Å². The molecule has 0 amide bonds. The highest BCUT2D eigenvalue weighted by atomic mass is 19.1. The first-order valence-corrected chi connectivity index (χ1v) is 4.52. The van der Waals surface area contributed by atoms with Crippen LogP contribution in [0.2, 0.25) is 0 Å². The summed E-state index contributed by atoms with van der Waals surface area (Å²) in [7, 11) is 0. The van der Waals surface area contributed by atoms with E-state index >= 15 is 0 Å². The van der Waals surface area contributed by atoms with Crippen LogP contribution in [0.3, 0.4) is 0 Å². The third kappa shape index (κ3) is 2.33. The van der Waals surface area contributed by atoms with Crippen LogP contribution in [-0.4, -0.2) is 11.5 Å². The van der Waals surface area contributed by atoms with E-state index in [1.54, 1.807) is 6.07 Å². The summed E-state index contributed by atoms with van der Waals surface area (Å²) in [4.78, 5) is 3.08. The second-order valence-electron chi connectivity index (χ2n) is 3.04. The molecular formula is C11H12FN3. The smallest absolute Gasteiger partial charge is 0.123 e. The number of H-pyrrole nitrogens is 1. The van der Waals surface area contributed by atoms with Crippen molar-refractivity contribution in [3.63, 3.8) is 0 Å². The summed E-state index contributed by atoms with van der Waals surface area (Å²) in [5, 5.41) is 7.44. The molecule has 0 bridgehead atoms. The lowest BCUT2D eigenvalue weighted by Gasteiger charge is -1.95. The summed E-state index contributed by atoms with van der Waals surface area (Å²) in [6, 6.07) is 4.73. The van der Waals surface area contributed by atoms with E-state index in [0.29, 0.717) is 6.54 Å². The van der Waals surface area contributed by atoms with Crippen molar-refractivity contribution in [1.29, 1.82) is 5.26 Å². The SMILES string of the molecule is C#N.NCCc1c[nH]c2ccc(F)cc12. The molecule has 0 aliphatic heterocycles. The molecular weight excluding hydrogens is 193 g/mol. The molecule has 0 saturated carbocycles. The predicted molar refractivity (Wildman–Crippen MR) is 57.7 cm³/mol. The Bertz CT molecular complexity index is 459. The van der Waals surface area contributed by atoms with Crippen LogP contribution in [0, 0.1) is 17.7 Å². The number of fused-ring (bicyclic) bond motifs is 1. The molecule has 0 aliphatic carbocycles. The summed E-state index contributed by atoms with van der Waals surface area (Å²) in [5.74, 6) is -0.203. The Morgan fingerprint density at radius 1 is 1.40 bits per heavy atom. The number of aromatic nitrogens is 1. The molecule has 4 heteroatoms. The number of benzene rings is 1. The Balaban J connectivity index is 0.000000531. The molecule has 0 fully saturated rings. The molecule has 3 N–H and O–H groups in total. The van der Waals surface area contributed by atoms with E-state index in [-0.39, 0.29) is 5.82 Å². The zero-order chi connectivity index (χ0) is 11.3. The molecule has 0 saturated heterocycles. The van der Waals surface area contributed by atoms with Gasteiger partial charge in [-0.1, -0.05) is 0 Å². The van der Waals surface area contributed by atoms with Gasteiger partial charge in [0.1, 0.15) is 5.82 Å². The van der Waals surface area contributed by atoms with Crippen molar-refractivity contribution in [1.82, 2.24) is 4.98 Å². The van der Waals surface area contributed by atoms with Gasteiger partial charge in [0, 0.05) is 23.7 Å². The number of nitrogens with one attached hydrogen (secondary N) is 1. The maximum absolute atomic E-state index is 12.9. The van der Waals surface area contributed by atoms with Crippen LogP contribution in [0.25, 0.3) is 10.9 Å². The van der Waals surface area contributed by atoms with Crippen molar-refractivity contribution in [2.24, 2.45) is 5.73 Å². The Hall–Kier alpha value is -1.86. The Labute approximate surface area is 87.3 Å². The standard InChI is InChI=1S/C10H11FN2.CHN/c11-8-1-2-10-9(5-8)7(3-4-12)6-13-10;1-2/h1-2,5-6,13H,3-4,12H2;1H. The number of rotatable bonds is 2. The average molecular weight is 205 g/mol.